The van der Waals surface area contributed by atoms with E-state index in [-0.39, 0.29) is 30.7 Å². The first-order chi connectivity index (χ1) is 18.0. The van der Waals surface area contributed by atoms with Crippen molar-refractivity contribution in [2.24, 2.45) is 0 Å². The molecular weight excluding hydrogens is 502 g/mol. The summed E-state index contributed by atoms with van der Waals surface area (Å²) in [5.74, 6) is -0.606. The number of esters is 1. The van der Waals surface area contributed by atoms with Gasteiger partial charge in [-0.15, -0.1) is 5.10 Å². The molecule has 2 heterocycles. The molecule has 2 aliphatic carbocycles. The lowest BCUT2D eigenvalue weighted by molar-refractivity contribution is -0.149. The van der Waals surface area contributed by atoms with E-state index in [0.717, 1.165) is 30.2 Å². The summed E-state index contributed by atoms with van der Waals surface area (Å²) in [7, 11) is 0. The average Bonchev–Trinajstić information content (AvgIpc) is 3.28. The molecule has 196 valence electrons. The first-order valence-corrected chi connectivity index (χ1v) is 13.4. The predicted octanol–water partition coefficient (Wildman–Crippen LogP) is 4.42. The summed E-state index contributed by atoms with van der Waals surface area (Å²) in [5.41, 5.74) is 1.89. The summed E-state index contributed by atoms with van der Waals surface area (Å²) in [5, 5.41) is 12.8. The van der Waals surface area contributed by atoms with Gasteiger partial charge in [0.1, 0.15) is 6.61 Å². The van der Waals surface area contributed by atoms with Gasteiger partial charge in [0.05, 0.1) is 18.8 Å². The zero-order valence-corrected chi connectivity index (χ0v) is 21.4. The molecule has 3 aromatic rings. The molecule has 1 saturated carbocycles. The molecule has 2 aliphatic rings. The molecule has 0 amide bonds. The SMILES string of the molecule is CCCSc1nc(NC2C[C@H]2c2ccc(F)c(F)c2)c2nnn([C@H]3C=C[C@@H](OCC(=O)OCC)C3)c2n1. The normalized spacial score (nSPS) is 22.5. The minimum absolute atomic E-state index is 0.0177. The van der Waals surface area contributed by atoms with Crippen LogP contribution in [0.15, 0.2) is 35.5 Å². The molecule has 4 atom stereocenters. The van der Waals surface area contributed by atoms with Crippen LogP contribution in [0.3, 0.4) is 0 Å². The van der Waals surface area contributed by atoms with Gasteiger partial charge in [0.15, 0.2) is 33.8 Å². The van der Waals surface area contributed by atoms with Gasteiger partial charge in [0, 0.05) is 24.1 Å². The smallest absolute Gasteiger partial charge is 0.332 e. The van der Waals surface area contributed by atoms with Gasteiger partial charge in [-0.2, -0.15) is 0 Å². The standard InChI is InChI=1S/C25H28F2N6O3S/c1-3-9-37-25-29-23(28-20-12-17(20)14-5-8-18(26)19(27)10-14)22-24(30-25)33(32-31-22)15-6-7-16(11-15)36-13-21(34)35-4-2/h5-8,10,15-17,20H,3-4,9,11-13H2,1-2H3,(H,28,29,30)/t15-,16+,17-,20?/m0/s1. The highest BCUT2D eigenvalue weighted by Crippen LogP contribution is 2.43. The van der Waals surface area contributed by atoms with E-state index in [1.54, 1.807) is 29.4 Å². The molecular formula is C25H28F2N6O3S. The third-order valence-electron chi connectivity index (χ3n) is 6.28. The number of hydrogen-bond acceptors (Lipinski definition) is 9. The number of allylic oxidation sites excluding steroid dienone is 1. The Morgan fingerprint density at radius 3 is 2.84 bits per heavy atom. The predicted molar refractivity (Wildman–Crippen MR) is 134 cm³/mol. The fourth-order valence-corrected chi connectivity index (χ4v) is 5.06. The molecule has 2 aromatic heterocycles. The Morgan fingerprint density at radius 2 is 2.05 bits per heavy atom. The van der Waals surface area contributed by atoms with Crippen LogP contribution < -0.4 is 5.32 Å². The Bertz CT molecular complexity index is 1320. The van der Waals surface area contributed by atoms with Crippen molar-refractivity contribution < 1.29 is 23.0 Å². The van der Waals surface area contributed by atoms with Gasteiger partial charge in [-0.1, -0.05) is 42.1 Å². The minimum Gasteiger partial charge on any atom is -0.464 e. The van der Waals surface area contributed by atoms with Gasteiger partial charge in [0.25, 0.3) is 0 Å². The van der Waals surface area contributed by atoms with Gasteiger partial charge < -0.3 is 14.8 Å². The number of aromatic nitrogens is 5. The summed E-state index contributed by atoms with van der Waals surface area (Å²) >= 11 is 1.55. The molecule has 0 spiro atoms. The molecule has 0 aliphatic heterocycles. The zero-order chi connectivity index (χ0) is 25.9. The Hall–Kier alpha value is -3.12. The highest BCUT2D eigenvalue weighted by molar-refractivity contribution is 7.99. The third kappa shape index (κ3) is 5.74. The number of nitrogens with zero attached hydrogens (tertiary/aromatic N) is 5. The highest BCUT2D eigenvalue weighted by atomic mass is 32.2. The van der Waals surface area contributed by atoms with E-state index >= 15 is 0 Å². The van der Waals surface area contributed by atoms with Crippen molar-refractivity contribution in [2.75, 3.05) is 24.3 Å². The maximum Gasteiger partial charge on any atom is 0.332 e. The van der Waals surface area contributed by atoms with Crippen LogP contribution in [0.5, 0.6) is 0 Å². The lowest BCUT2D eigenvalue weighted by Crippen LogP contribution is -2.19. The van der Waals surface area contributed by atoms with E-state index in [0.29, 0.717) is 35.2 Å². The first-order valence-electron chi connectivity index (χ1n) is 12.4. The summed E-state index contributed by atoms with van der Waals surface area (Å²) in [6.45, 7) is 4.05. The van der Waals surface area contributed by atoms with Gasteiger partial charge in [-0.25, -0.2) is 28.2 Å². The first kappa shape index (κ1) is 25.5. The Labute approximate surface area is 217 Å². The van der Waals surface area contributed by atoms with E-state index in [1.807, 2.05) is 12.2 Å². The number of fused-ring (bicyclic) bond motifs is 1. The third-order valence-corrected chi connectivity index (χ3v) is 7.33. The van der Waals surface area contributed by atoms with Crippen LogP contribution in [-0.2, 0) is 14.3 Å². The van der Waals surface area contributed by atoms with Crippen molar-refractivity contribution in [3.63, 3.8) is 0 Å². The van der Waals surface area contributed by atoms with Crippen LogP contribution in [0.2, 0.25) is 0 Å². The molecule has 9 nitrogen and oxygen atoms in total. The van der Waals surface area contributed by atoms with E-state index in [9.17, 15) is 13.6 Å². The van der Waals surface area contributed by atoms with Crippen LogP contribution in [0, 0.1) is 11.6 Å². The monoisotopic (exact) mass is 530 g/mol. The quantitative estimate of drug-likeness (QED) is 0.167. The van der Waals surface area contributed by atoms with Crippen LogP contribution in [0.4, 0.5) is 14.6 Å². The second-order valence-electron chi connectivity index (χ2n) is 9.02. The number of hydrogen-bond donors (Lipinski definition) is 1. The largest absolute Gasteiger partial charge is 0.464 e. The molecule has 0 saturated heterocycles. The minimum atomic E-state index is -0.852. The maximum atomic E-state index is 13.7. The van der Waals surface area contributed by atoms with Crippen molar-refractivity contribution in [1.29, 1.82) is 0 Å². The van der Waals surface area contributed by atoms with Crippen molar-refractivity contribution in [2.45, 2.75) is 62.4 Å². The number of anilines is 1. The number of rotatable bonds is 11. The van der Waals surface area contributed by atoms with Gasteiger partial charge in [-0.3, -0.25) is 0 Å². The summed E-state index contributed by atoms with van der Waals surface area (Å²) in [6, 6.07) is 3.91. The van der Waals surface area contributed by atoms with E-state index in [2.05, 4.69) is 22.6 Å². The summed E-state index contributed by atoms with van der Waals surface area (Å²) < 4.78 is 39.4. The van der Waals surface area contributed by atoms with Gasteiger partial charge >= 0.3 is 5.97 Å². The topological polar surface area (TPSA) is 104 Å². The number of thioether (sulfide) groups is 1. The Kier molecular flexibility index (Phi) is 7.65. The van der Waals surface area contributed by atoms with E-state index < -0.39 is 17.6 Å². The van der Waals surface area contributed by atoms with Crippen molar-refractivity contribution in [3.8, 4) is 0 Å². The number of nitrogens with one attached hydrogen (secondary N) is 1. The maximum absolute atomic E-state index is 13.7. The van der Waals surface area contributed by atoms with Crippen LogP contribution in [0.1, 0.15) is 50.6 Å². The lowest BCUT2D eigenvalue weighted by atomic mass is 10.1. The van der Waals surface area contributed by atoms with Gasteiger partial charge in [-0.05, 0) is 37.5 Å². The number of benzene rings is 1. The fraction of sp³-hybridized carbons (Fsp3) is 0.480. The van der Waals surface area contributed by atoms with Gasteiger partial charge in [0.2, 0.25) is 0 Å². The molecule has 1 aromatic carbocycles. The highest BCUT2D eigenvalue weighted by Gasteiger charge is 2.40. The average molecular weight is 531 g/mol. The number of halogens is 2. The molecule has 0 radical (unpaired) electrons. The molecule has 0 bridgehead atoms. The zero-order valence-electron chi connectivity index (χ0n) is 20.6. The fourth-order valence-electron chi connectivity index (χ4n) is 4.36. The molecule has 12 heteroatoms. The lowest BCUT2D eigenvalue weighted by Gasteiger charge is -2.14. The van der Waals surface area contributed by atoms with Crippen LogP contribution in [-0.4, -0.2) is 62.0 Å². The van der Waals surface area contributed by atoms with Crippen molar-refractivity contribution in [3.05, 3.63) is 47.5 Å². The Morgan fingerprint density at radius 1 is 1.19 bits per heavy atom. The molecule has 1 fully saturated rings. The van der Waals surface area contributed by atoms with E-state index in [4.69, 9.17) is 19.4 Å². The molecule has 1 N–H and O–H groups in total. The summed E-state index contributed by atoms with van der Waals surface area (Å²) in [4.78, 5) is 21.1. The number of carbonyl (C=O) groups excluding carboxylic acids is 1. The molecule has 1 unspecified atom stereocenters. The van der Waals surface area contributed by atoms with Crippen molar-refractivity contribution >= 4 is 34.7 Å². The Balaban J connectivity index is 1.34. The van der Waals surface area contributed by atoms with E-state index in [1.165, 1.54) is 6.07 Å². The summed E-state index contributed by atoms with van der Waals surface area (Å²) in [6.07, 6.45) is 5.96. The van der Waals surface area contributed by atoms with Crippen molar-refractivity contribution in [1.82, 2.24) is 25.0 Å². The number of carbonyl (C=O) groups is 1. The molecule has 37 heavy (non-hydrogen) atoms. The number of ether oxygens (including phenoxy) is 2. The second-order valence-corrected chi connectivity index (χ2v) is 10.1. The molecule has 5 rings (SSSR count). The van der Waals surface area contributed by atoms with Crippen LogP contribution in [0.25, 0.3) is 11.2 Å². The van der Waals surface area contributed by atoms with Crippen LogP contribution >= 0.6 is 11.8 Å². The second kappa shape index (κ2) is 11.1.